The summed E-state index contributed by atoms with van der Waals surface area (Å²) >= 11 is 5.97. The second-order valence-corrected chi connectivity index (χ2v) is 5.25. The van der Waals surface area contributed by atoms with E-state index in [1.807, 2.05) is 38.2 Å². The number of hydrogen-bond acceptors (Lipinski definition) is 2. The molecular formula is C16H21ClN2O. The van der Waals surface area contributed by atoms with E-state index in [1.165, 1.54) is 12.5 Å². The number of aryl methyl sites for hydroxylation is 1. The van der Waals surface area contributed by atoms with Crippen LogP contribution in [0.1, 0.15) is 38.3 Å². The number of aliphatic imine (C=N–C) groups is 1. The molecule has 1 rings (SSSR count). The average molecular weight is 293 g/mol. The largest absolute Gasteiger partial charge is 0.347 e. The van der Waals surface area contributed by atoms with Crippen LogP contribution in [-0.2, 0) is 4.79 Å². The Morgan fingerprint density at radius 1 is 1.40 bits per heavy atom. The maximum atomic E-state index is 11.1. The highest BCUT2D eigenvalue weighted by atomic mass is 35.5. The quantitative estimate of drug-likeness (QED) is 0.661. The first-order valence-electron chi connectivity index (χ1n) is 6.66. The summed E-state index contributed by atoms with van der Waals surface area (Å²) in [5.41, 5.74) is 3.19. The molecule has 108 valence electrons. The normalized spacial score (nSPS) is 12.4. The lowest BCUT2D eigenvalue weighted by atomic mass is 10.1. The fourth-order valence-corrected chi connectivity index (χ4v) is 1.81. The van der Waals surface area contributed by atoms with Gasteiger partial charge in [-0.15, -0.1) is 0 Å². The van der Waals surface area contributed by atoms with Crippen LogP contribution in [0.25, 0.3) is 0 Å². The smallest absolute Gasteiger partial charge is 0.151 e. The van der Waals surface area contributed by atoms with Crippen LogP contribution in [0.2, 0.25) is 5.02 Å². The lowest BCUT2D eigenvalue weighted by molar-refractivity contribution is -0.115. The van der Waals surface area contributed by atoms with Crippen molar-refractivity contribution in [3.05, 3.63) is 46.1 Å². The first-order chi connectivity index (χ1) is 9.43. The van der Waals surface area contributed by atoms with Gasteiger partial charge in [0.2, 0.25) is 0 Å². The van der Waals surface area contributed by atoms with E-state index in [1.54, 1.807) is 0 Å². The molecule has 0 spiro atoms. The molecule has 1 aromatic rings. The van der Waals surface area contributed by atoms with E-state index >= 15 is 0 Å². The van der Waals surface area contributed by atoms with Crippen molar-refractivity contribution in [2.24, 2.45) is 4.99 Å². The molecule has 0 unspecified atom stereocenters. The molecule has 3 nitrogen and oxygen atoms in total. The molecule has 4 heteroatoms. The molecule has 0 aromatic heterocycles. The van der Waals surface area contributed by atoms with Crippen molar-refractivity contribution >= 4 is 23.2 Å². The van der Waals surface area contributed by atoms with Crippen LogP contribution in [-0.4, -0.2) is 18.2 Å². The number of Topliss-reactive ketones (excluding diaryl/α,β-unsaturated/α-hetero) is 1. The Morgan fingerprint density at radius 3 is 2.65 bits per heavy atom. The lowest BCUT2D eigenvalue weighted by Crippen LogP contribution is -2.21. The van der Waals surface area contributed by atoms with Crippen LogP contribution in [0.5, 0.6) is 0 Å². The maximum absolute atomic E-state index is 11.1. The molecular weight excluding hydrogens is 272 g/mol. The van der Waals surface area contributed by atoms with Gasteiger partial charge in [0.05, 0.1) is 6.54 Å². The molecule has 1 N–H and O–H groups in total. The number of carbonyl (C=O) groups excluding carboxylic acids is 1. The van der Waals surface area contributed by atoms with Crippen LogP contribution in [0.3, 0.4) is 0 Å². The van der Waals surface area contributed by atoms with Gasteiger partial charge in [0.25, 0.3) is 0 Å². The van der Waals surface area contributed by atoms with Gasteiger partial charge < -0.3 is 5.32 Å². The van der Waals surface area contributed by atoms with Gasteiger partial charge in [0.1, 0.15) is 5.84 Å². The van der Waals surface area contributed by atoms with Crippen LogP contribution >= 0.6 is 11.6 Å². The Balaban J connectivity index is 3.09. The van der Waals surface area contributed by atoms with Gasteiger partial charge in [0, 0.05) is 16.8 Å². The Morgan fingerprint density at radius 2 is 2.10 bits per heavy atom. The minimum Gasteiger partial charge on any atom is -0.347 e. The summed E-state index contributed by atoms with van der Waals surface area (Å²) in [5, 5.41) is 3.89. The Kier molecular flexibility index (Phi) is 6.46. The van der Waals surface area contributed by atoms with Gasteiger partial charge in [-0.2, -0.15) is 0 Å². The fraction of sp³-hybridized carbons (Fsp3) is 0.375. The van der Waals surface area contributed by atoms with E-state index in [4.69, 9.17) is 11.6 Å². The second kappa shape index (κ2) is 7.85. The Labute approximate surface area is 125 Å². The number of carbonyl (C=O) groups is 1. The van der Waals surface area contributed by atoms with Crippen LogP contribution in [0.15, 0.2) is 35.0 Å². The SMILES string of the molecule is CC/C(C)=C/NC(=NCC(C)=O)c1ccc(Cl)cc1C. The Bertz CT molecular complexity index is 547. The maximum Gasteiger partial charge on any atom is 0.151 e. The highest BCUT2D eigenvalue weighted by molar-refractivity contribution is 6.30. The van der Waals surface area contributed by atoms with E-state index in [0.717, 1.165) is 17.5 Å². The summed E-state index contributed by atoms with van der Waals surface area (Å²) < 4.78 is 0. The third-order valence-electron chi connectivity index (χ3n) is 2.92. The molecule has 0 heterocycles. The topological polar surface area (TPSA) is 41.5 Å². The fourth-order valence-electron chi connectivity index (χ4n) is 1.59. The number of rotatable bonds is 5. The van der Waals surface area contributed by atoms with Gasteiger partial charge in [-0.1, -0.05) is 24.1 Å². The van der Waals surface area contributed by atoms with Crippen molar-refractivity contribution in [1.29, 1.82) is 0 Å². The number of benzene rings is 1. The minimum absolute atomic E-state index is 0.0344. The zero-order valence-electron chi connectivity index (χ0n) is 12.5. The number of allylic oxidation sites excluding steroid dienone is 1. The van der Waals surface area contributed by atoms with Crippen molar-refractivity contribution in [2.45, 2.75) is 34.1 Å². The summed E-state index contributed by atoms with van der Waals surface area (Å²) in [6.07, 6.45) is 2.89. The Hall–Kier alpha value is -1.61. The summed E-state index contributed by atoms with van der Waals surface area (Å²) in [4.78, 5) is 15.5. The van der Waals surface area contributed by atoms with Crippen LogP contribution in [0, 0.1) is 6.92 Å². The zero-order chi connectivity index (χ0) is 15.1. The van der Waals surface area contributed by atoms with Gasteiger partial charge in [-0.25, -0.2) is 0 Å². The predicted octanol–water partition coefficient (Wildman–Crippen LogP) is 3.89. The summed E-state index contributed by atoms with van der Waals surface area (Å²) in [6, 6.07) is 5.63. The van der Waals surface area contributed by atoms with Gasteiger partial charge in [-0.3, -0.25) is 9.79 Å². The summed E-state index contributed by atoms with van der Waals surface area (Å²) in [6.45, 7) is 7.81. The molecule has 0 saturated heterocycles. The molecule has 0 atom stereocenters. The summed E-state index contributed by atoms with van der Waals surface area (Å²) in [7, 11) is 0. The third-order valence-corrected chi connectivity index (χ3v) is 3.15. The van der Waals surface area contributed by atoms with Crippen molar-refractivity contribution in [3.8, 4) is 0 Å². The molecule has 0 amide bonds. The van der Waals surface area contributed by atoms with E-state index in [9.17, 15) is 4.79 Å². The molecule has 0 saturated carbocycles. The summed E-state index contributed by atoms with van der Waals surface area (Å²) in [5.74, 6) is 0.731. The molecule has 0 aliphatic rings. The highest BCUT2D eigenvalue weighted by Gasteiger charge is 2.07. The molecule has 0 aliphatic carbocycles. The van der Waals surface area contributed by atoms with E-state index in [0.29, 0.717) is 10.9 Å². The number of nitrogens with one attached hydrogen (secondary N) is 1. The molecule has 0 radical (unpaired) electrons. The first kappa shape index (κ1) is 16.4. The third kappa shape index (κ3) is 5.17. The lowest BCUT2D eigenvalue weighted by Gasteiger charge is -2.11. The minimum atomic E-state index is 0.0344. The number of halogens is 1. The van der Waals surface area contributed by atoms with Crippen molar-refractivity contribution < 1.29 is 4.79 Å². The number of amidine groups is 1. The van der Waals surface area contributed by atoms with E-state index < -0.39 is 0 Å². The average Bonchev–Trinajstić information content (AvgIpc) is 2.39. The number of hydrogen-bond donors (Lipinski definition) is 1. The molecule has 20 heavy (non-hydrogen) atoms. The zero-order valence-corrected chi connectivity index (χ0v) is 13.2. The van der Waals surface area contributed by atoms with Gasteiger partial charge >= 0.3 is 0 Å². The molecule has 1 aromatic carbocycles. The van der Waals surface area contributed by atoms with Gasteiger partial charge in [-0.05, 0) is 51.0 Å². The molecule has 0 fully saturated rings. The monoisotopic (exact) mass is 292 g/mol. The van der Waals surface area contributed by atoms with Gasteiger partial charge in [0.15, 0.2) is 5.78 Å². The molecule has 0 bridgehead atoms. The van der Waals surface area contributed by atoms with Crippen LogP contribution < -0.4 is 5.32 Å². The van der Waals surface area contributed by atoms with E-state index in [-0.39, 0.29) is 12.3 Å². The number of ketones is 1. The predicted molar refractivity (Wildman–Crippen MR) is 85.5 cm³/mol. The highest BCUT2D eigenvalue weighted by Crippen LogP contribution is 2.15. The second-order valence-electron chi connectivity index (χ2n) is 4.81. The number of nitrogens with zero attached hydrogens (tertiary/aromatic N) is 1. The van der Waals surface area contributed by atoms with Crippen molar-refractivity contribution in [1.82, 2.24) is 5.32 Å². The van der Waals surface area contributed by atoms with E-state index in [2.05, 4.69) is 17.2 Å². The van der Waals surface area contributed by atoms with Crippen LogP contribution in [0.4, 0.5) is 0 Å². The van der Waals surface area contributed by atoms with Crippen molar-refractivity contribution in [3.63, 3.8) is 0 Å². The molecule has 0 aliphatic heterocycles. The standard InChI is InChI=1S/C16H21ClN2O/c1-5-11(2)9-18-16(19-10-13(4)20)15-7-6-14(17)8-12(15)3/h6-9H,5,10H2,1-4H3,(H,18,19)/b11-9+. The van der Waals surface area contributed by atoms with Crippen molar-refractivity contribution in [2.75, 3.05) is 6.54 Å². The first-order valence-corrected chi connectivity index (χ1v) is 7.04.